The van der Waals surface area contributed by atoms with Crippen LogP contribution in [-0.2, 0) is 9.84 Å². The lowest BCUT2D eigenvalue weighted by Gasteiger charge is -2.33. The van der Waals surface area contributed by atoms with E-state index in [1.54, 1.807) is 31.3 Å². The van der Waals surface area contributed by atoms with Crippen molar-refractivity contribution < 1.29 is 8.42 Å². The largest absolute Gasteiger partial charge is 0.356 e. The first-order chi connectivity index (χ1) is 12.5. The second-order valence-electron chi connectivity index (χ2n) is 6.79. The maximum absolute atomic E-state index is 12.3. The topological polar surface area (TPSA) is 73.8 Å². The Balaban J connectivity index is 1.66. The van der Waals surface area contributed by atoms with Gasteiger partial charge in [0.1, 0.15) is 0 Å². The molecule has 1 saturated heterocycles. The van der Waals surface area contributed by atoms with E-state index < -0.39 is 9.84 Å². The number of likely N-dealkylation sites (tertiary alicyclic amines) is 1. The average Bonchev–Trinajstić information content (AvgIpc) is 2.65. The van der Waals surface area contributed by atoms with Gasteiger partial charge in [0.05, 0.1) is 10.6 Å². The Hall–Kier alpha value is -1.60. The third-order valence-corrected chi connectivity index (χ3v) is 6.58. The molecule has 0 bridgehead atoms. The minimum absolute atomic E-state index is 0.0446. The zero-order valence-corrected chi connectivity index (χ0v) is 16.8. The summed E-state index contributed by atoms with van der Waals surface area (Å²) in [7, 11) is -1.56. The van der Waals surface area contributed by atoms with Gasteiger partial charge in [-0.3, -0.25) is 4.99 Å². The van der Waals surface area contributed by atoms with Gasteiger partial charge in [0, 0.05) is 32.7 Å². The van der Waals surface area contributed by atoms with Crippen LogP contribution in [0.25, 0.3) is 0 Å². The van der Waals surface area contributed by atoms with Crippen molar-refractivity contribution in [3.63, 3.8) is 0 Å². The summed E-state index contributed by atoms with van der Waals surface area (Å²) in [6.07, 6.45) is 5.00. The van der Waals surface area contributed by atoms with Crippen LogP contribution in [0, 0.1) is 0 Å². The van der Waals surface area contributed by atoms with Gasteiger partial charge in [-0.1, -0.05) is 24.6 Å². The molecule has 0 radical (unpaired) electrons. The number of nitrogens with zero attached hydrogens (tertiary/aromatic N) is 2. The Morgan fingerprint density at radius 3 is 2.62 bits per heavy atom. The van der Waals surface area contributed by atoms with Crippen molar-refractivity contribution in [2.24, 2.45) is 4.99 Å². The van der Waals surface area contributed by atoms with Crippen molar-refractivity contribution >= 4 is 15.8 Å². The lowest BCUT2D eigenvalue weighted by Crippen LogP contribution is -2.42. The lowest BCUT2D eigenvalue weighted by molar-refractivity contribution is 0.159. The molecule has 6 nitrogen and oxygen atoms in total. The smallest absolute Gasteiger partial charge is 0.191 e. The van der Waals surface area contributed by atoms with Gasteiger partial charge >= 0.3 is 0 Å². The molecule has 0 spiro atoms. The average molecular weight is 381 g/mol. The number of hydrogen-bond acceptors (Lipinski definition) is 4. The highest BCUT2D eigenvalue weighted by Crippen LogP contribution is 2.16. The van der Waals surface area contributed by atoms with Crippen LogP contribution in [0.1, 0.15) is 32.6 Å². The lowest BCUT2D eigenvalue weighted by atomic mass is 10.0. The molecule has 146 valence electrons. The first-order valence-corrected chi connectivity index (χ1v) is 11.1. The molecule has 1 aliphatic rings. The van der Waals surface area contributed by atoms with Crippen LogP contribution in [0.15, 0.2) is 40.2 Å². The second-order valence-corrected chi connectivity index (χ2v) is 8.90. The molecule has 0 aliphatic carbocycles. The first kappa shape index (κ1) is 20.7. The summed E-state index contributed by atoms with van der Waals surface area (Å²) in [6, 6.07) is 9.24. The van der Waals surface area contributed by atoms with Gasteiger partial charge in [-0.15, -0.1) is 0 Å². The van der Waals surface area contributed by atoms with Crippen LogP contribution in [0.3, 0.4) is 0 Å². The Kier molecular flexibility index (Phi) is 8.38. The zero-order chi connectivity index (χ0) is 18.8. The van der Waals surface area contributed by atoms with Crippen LogP contribution in [-0.4, -0.2) is 64.3 Å². The summed E-state index contributed by atoms with van der Waals surface area (Å²) >= 11 is 0. The van der Waals surface area contributed by atoms with Gasteiger partial charge in [0.25, 0.3) is 0 Å². The maximum atomic E-state index is 12.3. The van der Waals surface area contributed by atoms with E-state index in [1.165, 1.54) is 25.8 Å². The maximum Gasteiger partial charge on any atom is 0.191 e. The van der Waals surface area contributed by atoms with E-state index in [0.717, 1.165) is 19.5 Å². The van der Waals surface area contributed by atoms with E-state index in [-0.39, 0.29) is 5.75 Å². The van der Waals surface area contributed by atoms with E-state index in [0.29, 0.717) is 23.4 Å². The molecule has 1 aromatic rings. The van der Waals surface area contributed by atoms with Gasteiger partial charge in [0.15, 0.2) is 15.8 Å². The minimum atomic E-state index is -3.26. The molecule has 7 heteroatoms. The molecule has 1 atom stereocenters. The summed E-state index contributed by atoms with van der Waals surface area (Å²) in [6.45, 7) is 5.76. The molecule has 1 aromatic carbocycles. The number of nitrogens with one attached hydrogen (secondary N) is 2. The fourth-order valence-corrected chi connectivity index (χ4v) is 4.43. The standard InChI is InChI=1S/C19H32N4O2S/c1-17-9-6-7-14-23(17)15-8-12-21-19(20-2)22-13-16-26(24,25)18-10-4-3-5-11-18/h3-5,10-11,17H,6-9,12-16H2,1-2H3,(H2,20,21,22). The van der Waals surface area contributed by atoms with Crippen LogP contribution < -0.4 is 10.6 Å². The molecular weight excluding hydrogens is 348 g/mol. The van der Waals surface area contributed by atoms with Gasteiger partial charge in [-0.2, -0.15) is 0 Å². The van der Waals surface area contributed by atoms with Crippen molar-refractivity contribution in [3.8, 4) is 0 Å². The highest BCUT2D eigenvalue weighted by Gasteiger charge is 2.17. The summed E-state index contributed by atoms with van der Waals surface area (Å²) < 4.78 is 24.5. The molecule has 0 amide bonds. The fourth-order valence-electron chi connectivity index (χ4n) is 3.25. The van der Waals surface area contributed by atoms with E-state index >= 15 is 0 Å². The van der Waals surface area contributed by atoms with Crippen molar-refractivity contribution in [1.82, 2.24) is 15.5 Å². The predicted molar refractivity (Wildman–Crippen MR) is 107 cm³/mol. The number of guanidine groups is 1. The molecule has 0 saturated carbocycles. The molecule has 1 fully saturated rings. The minimum Gasteiger partial charge on any atom is -0.356 e. The molecule has 26 heavy (non-hydrogen) atoms. The molecule has 1 unspecified atom stereocenters. The number of rotatable bonds is 8. The highest BCUT2D eigenvalue weighted by molar-refractivity contribution is 7.91. The number of benzene rings is 1. The third kappa shape index (κ3) is 6.61. The Labute approximate surface area is 158 Å². The molecule has 0 aromatic heterocycles. The zero-order valence-electron chi connectivity index (χ0n) is 15.9. The summed E-state index contributed by atoms with van der Waals surface area (Å²) in [5.41, 5.74) is 0. The predicted octanol–water partition coefficient (Wildman–Crippen LogP) is 1.89. The van der Waals surface area contributed by atoms with Crippen LogP contribution >= 0.6 is 0 Å². The van der Waals surface area contributed by atoms with E-state index in [2.05, 4.69) is 27.4 Å². The van der Waals surface area contributed by atoms with E-state index in [1.807, 2.05) is 6.07 Å². The number of sulfone groups is 1. The fraction of sp³-hybridized carbons (Fsp3) is 0.632. The first-order valence-electron chi connectivity index (χ1n) is 9.49. The van der Waals surface area contributed by atoms with Crippen molar-refractivity contribution in [3.05, 3.63) is 30.3 Å². The Bertz CT molecular complexity index is 661. The summed E-state index contributed by atoms with van der Waals surface area (Å²) in [4.78, 5) is 7.08. The number of hydrogen-bond donors (Lipinski definition) is 2. The van der Waals surface area contributed by atoms with Gasteiger partial charge in [0.2, 0.25) is 0 Å². The molecule has 1 aliphatic heterocycles. The van der Waals surface area contributed by atoms with Gasteiger partial charge < -0.3 is 15.5 Å². The van der Waals surface area contributed by atoms with Crippen LogP contribution in [0.4, 0.5) is 0 Å². The monoisotopic (exact) mass is 380 g/mol. The van der Waals surface area contributed by atoms with Crippen molar-refractivity contribution in [2.45, 2.75) is 43.5 Å². The van der Waals surface area contributed by atoms with Crippen LogP contribution in [0.2, 0.25) is 0 Å². The molecule has 2 rings (SSSR count). The normalized spacial score (nSPS) is 19.3. The summed E-state index contributed by atoms with van der Waals surface area (Å²) in [5.74, 6) is 0.697. The van der Waals surface area contributed by atoms with E-state index in [4.69, 9.17) is 0 Å². The number of piperidine rings is 1. The SMILES string of the molecule is CN=C(NCCCN1CCCCC1C)NCCS(=O)(=O)c1ccccc1. The number of aliphatic imine (C=N–C) groups is 1. The molecule has 2 N–H and O–H groups in total. The van der Waals surface area contributed by atoms with Gasteiger partial charge in [-0.05, 0) is 44.9 Å². The Morgan fingerprint density at radius 1 is 1.19 bits per heavy atom. The van der Waals surface area contributed by atoms with Crippen molar-refractivity contribution in [1.29, 1.82) is 0 Å². The van der Waals surface area contributed by atoms with Crippen molar-refractivity contribution in [2.75, 3.05) is 39.0 Å². The second kappa shape index (κ2) is 10.5. The quantitative estimate of drug-likeness (QED) is 0.409. The third-order valence-electron chi connectivity index (χ3n) is 4.84. The Morgan fingerprint density at radius 2 is 1.92 bits per heavy atom. The van der Waals surface area contributed by atoms with Gasteiger partial charge in [-0.25, -0.2) is 8.42 Å². The van der Waals surface area contributed by atoms with Crippen LogP contribution in [0.5, 0.6) is 0 Å². The highest BCUT2D eigenvalue weighted by atomic mass is 32.2. The molecule has 1 heterocycles. The van der Waals surface area contributed by atoms with E-state index in [9.17, 15) is 8.42 Å². The molecular formula is C19H32N4O2S. The summed E-state index contributed by atoms with van der Waals surface area (Å²) in [5, 5.41) is 6.36.